The van der Waals surface area contributed by atoms with E-state index in [1.165, 1.54) is 0 Å². The summed E-state index contributed by atoms with van der Waals surface area (Å²) in [5.41, 5.74) is 2.69. The first-order valence-electron chi connectivity index (χ1n) is 7.59. The second-order valence-electron chi connectivity index (χ2n) is 5.73. The molecule has 0 unspecified atom stereocenters. The van der Waals surface area contributed by atoms with Crippen LogP contribution in [0.4, 0.5) is 0 Å². The average molecular weight is 420 g/mol. The number of nitrogens with zero attached hydrogens (tertiary/aromatic N) is 1. The molecule has 0 bridgehead atoms. The van der Waals surface area contributed by atoms with Gasteiger partial charge < -0.3 is 9.67 Å². The van der Waals surface area contributed by atoms with Crippen molar-refractivity contribution in [3.05, 3.63) is 57.2 Å². The van der Waals surface area contributed by atoms with Crippen LogP contribution in [0, 0.1) is 0 Å². The van der Waals surface area contributed by atoms with E-state index in [4.69, 9.17) is 11.6 Å². The normalized spacial score (nSPS) is 13.4. The zero-order chi connectivity index (χ0) is 17.7. The van der Waals surface area contributed by atoms with Gasteiger partial charge in [0.1, 0.15) is 0 Å². The molecule has 1 aromatic heterocycles. The molecule has 0 fully saturated rings. The summed E-state index contributed by atoms with van der Waals surface area (Å²) in [6, 6.07) is 9.03. The predicted molar refractivity (Wildman–Crippen MR) is 99.0 cm³/mol. The Morgan fingerprint density at radius 3 is 2.56 bits per heavy atom. The Bertz CT molecular complexity index is 1060. The highest BCUT2D eigenvalue weighted by Crippen LogP contribution is 2.41. The second-order valence-corrected chi connectivity index (χ2v) is 6.99. The number of aromatic nitrogens is 1. The summed E-state index contributed by atoms with van der Waals surface area (Å²) in [4.78, 5) is 24.9. The maximum absolute atomic E-state index is 12.4. The van der Waals surface area contributed by atoms with E-state index in [0.29, 0.717) is 43.7 Å². The number of halogens is 2. The number of nitrogens with one attached hydrogen (secondary N) is 1. The minimum absolute atomic E-state index is 0.0418. The van der Waals surface area contributed by atoms with Gasteiger partial charge in [0.05, 0.1) is 23.3 Å². The van der Waals surface area contributed by atoms with Gasteiger partial charge in [0.15, 0.2) is 0 Å². The SMILES string of the molecule is O=C1NC(=O)c2c1c(-c1ccccc1Cl)cc1c2c(Br)cn1CCO. The lowest BCUT2D eigenvalue weighted by Gasteiger charge is -2.11. The number of imide groups is 1. The van der Waals surface area contributed by atoms with Crippen LogP contribution in [-0.2, 0) is 6.54 Å². The molecule has 2 N–H and O–H groups in total. The van der Waals surface area contributed by atoms with Gasteiger partial charge in [-0.15, -0.1) is 0 Å². The first-order chi connectivity index (χ1) is 12.0. The molecule has 0 spiro atoms. The van der Waals surface area contributed by atoms with Crippen molar-refractivity contribution in [1.82, 2.24) is 9.88 Å². The summed E-state index contributed by atoms with van der Waals surface area (Å²) in [5, 5.41) is 12.8. The monoisotopic (exact) mass is 418 g/mol. The third-order valence-electron chi connectivity index (χ3n) is 4.31. The number of carbonyl (C=O) groups excluding carboxylic acids is 2. The average Bonchev–Trinajstić information content (AvgIpc) is 3.05. The van der Waals surface area contributed by atoms with Gasteiger partial charge in [0, 0.05) is 33.2 Å². The third kappa shape index (κ3) is 2.40. The number of aliphatic hydroxyl groups excluding tert-OH is 1. The Labute approximate surface area is 156 Å². The molecule has 1 aliphatic heterocycles. The molecule has 0 saturated carbocycles. The molecule has 126 valence electrons. The highest BCUT2D eigenvalue weighted by Gasteiger charge is 2.34. The maximum atomic E-state index is 12.4. The third-order valence-corrected chi connectivity index (χ3v) is 5.24. The number of hydrogen-bond acceptors (Lipinski definition) is 3. The topological polar surface area (TPSA) is 71.3 Å². The Morgan fingerprint density at radius 1 is 1.12 bits per heavy atom. The van der Waals surface area contributed by atoms with E-state index in [-0.39, 0.29) is 6.61 Å². The fourth-order valence-electron chi connectivity index (χ4n) is 3.28. The molecule has 25 heavy (non-hydrogen) atoms. The van der Waals surface area contributed by atoms with E-state index >= 15 is 0 Å². The first-order valence-corrected chi connectivity index (χ1v) is 8.76. The summed E-state index contributed by atoms with van der Waals surface area (Å²) < 4.78 is 2.54. The van der Waals surface area contributed by atoms with Crippen LogP contribution in [0.2, 0.25) is 5.02 Å². The quantitative estimate of drug-likeness (QED) is 0.637. The summed E-state index contributed by atoms with van der Waals surface area (Å²) >= 11 is 9.79. The number of rotatable bonds is 3. The molecule has 2 heterocycles. The number of hydrogen-bond donors (Lipinski definition) is 2. The Balaban J connectivity index is 2.16. The van der Waals surface area contributed by atoms with Crippen LogP contribution in [0.5, 0.6) is 0 Å². The van der Waals surface area contributed by atoms with Crippen LogP contribution < -0.4 is 5.32 Å². The van der Waals surface area contributed by atoms with Crippen molar-refractivity contribution in [2.45, 2.75) is 6.54 Å². The Kier molecular flexibility index (Phi) is 3.91. The Hall–Kier alpha value is -2.15. The molecular weight excluding hydrogens is 408 g/mol. The molecule has 2 aromatic carbocycles. The minimum atomic E-state index is -0.432. The number of fused-ring (bicyclic) bond motifs is 3. The van der Waals surface area contributed by atoms with Crippen LogP contribution >= 0.6 is 27.5 Å². The molecule has 0 saturated heterocycles. The van der Waals surface area contributed by atoms with Crippen LogP contribution in [0.1, 0.15) is 20.7 Å². The predicted octanol–water partition coefficient (Wildman–Crippen LogP) is 3.60. The van der Waals surface area contributed by atoms with Crippen molar-refractivity contribution in [2.24, 2.45) is 0 Å². The van der Waals surface area contributed by atoms with Crippen molar-refractivity contribution >= 4 is 50.2 Å². The van der Waals surface area contributed by atoms with Gasteiger partial charge in [-0.3, -0.25) is 14.9 Å². The zero-order valence-electron chi connectivity index (χ0n) is 12.8. The van der Waals surface area contributed by atoms with Gasteiger partial charge in [-0.05, 0) is 33.6 Å². The van der Waals surface area contributed by atoms with Crippen LogP contribution in [0.25, 0.3) is 22.0 Å². The minimum Gasteiger partial charge on any atom is -0.395 e. The molecule has 1 aliphatic rings. The van der Waals surface area contributed by atoms with Gasteiger partial charge in [0.2, 0.25) is 0 Å². The van der Waals surface area contributed by atoms with Gasteiger partial charge >= 0.3 is 0 Å². The number of carbonyl (C=O) groups is 2. The van der Waals surface area contributed by atoms with Crippen molar-refractivity contribution in [2.75, 3.05) is 6.61 Å². The molecule has 2 amide bonds. The van der Waals surface area contributed by atoms with E-state index in [0.717, 1.165) is 5.52 Å². The van der Waals surface area contributed by atoms with Crippen LogP contribution in [0.3, 0.4) is 0 Å². The van der Waals surface area contributed by atoms with Crippen molar-refractivity contribution in [3.63, 3.8) is 0 Å². The lowest BCUT2D eigenvalue weighted by molar-refractivity contribution is 0.0880. The van der Waals surface area contributed by atoms with Crippen LogP contribution in [0.15, 0.2) is 41.0 Å². The number of aliphatic hydroxyl groups is 1. The highest BCUT2D eigenvalue weighted by atomic mass is 79.9. The first kappa shape index (κ1) is 16.3. The molecule has 4 rings (SSSR count). The molecule has 5 nitrogen and oxygen atoms in total. The highest BCUT2D eigenvalue weighted by molar-refractivity contribution is 9.10. The van der Waals surface area contributed by atoms with Gasteiger partial charge in [-0.25, -0.2) is 0 Å². The lowest BCUT2D eigenvalue weighted by atomic mass is 9.94. The van der Waals surface area contributed by atoms with E-state index in [9.17, 15) is 14.7 Å². The van der Waals surface area contributed by atoms with E-state index in [1.54, 1.807) is 18.3 Å². The number of benzene rings is 2. The van der Waals surface area contributed by atoms with Gasteiger partial charge in [0.25, 0.3) is 11.8 Å². The van der Waals surface area contributed by atoms with Crippen molar-refractivity contribution in [3.8, 4) is 11.1 Å². The van der Waals surface area contributed by atoms with Crippen LogP contribution in [-0.4, -0.2) is 28.1 Å². The van der Waals surface area contributed by atoms with Gasteiger partial charge in [-0.1, -0.05) is 29.8 Å². The van der Waals surface area contributed by atoms with E-state index in [2.05, 4.69) is 21.2 Å². The second kappa shape index (κ2) is 5.98. The Morgan fingerprint density at radius 2 is 1.84 bits per heavy atom. The largest absolute Gasteiger partial charge is 0.395 e. The standard InChI is InChI=1S/C18H12BrClN2O3/c19-11-8-22(5-6-23)13-7-10(9-3-1-2-4-12(9)20)14-16(15(11)13)18(25)21-17(14)24/h1-4,7-8,23H,5-6H2,(H,21,24,25). The number of amides is 2. The summed E-state index contributed by atoms with van der Waals surface area (Å²) in [6.45, 7) is 0.332. The lowest BCUT2D eigenvalue weighted by Crippen LogP contribution is -2.20. The van der Waals surface area contributed by atoms with E-state index < -0.39 is 11.8 Å². The van der Waals surface area contributed by atoms with Crippen molar-refractivity contribution < 1.29 is 14.7 Å². The van der Waals surface area contributed by atoms with Crippen molar-refractivity contribution in [1.29, 1.82) is 0 Å². The molecular formula is C18H12BrClN2O3. The molecule has 3 aromatic rings. The fraction of sp³-hybridized carbons (Fsp3) is 0.111. The smallest absolute Gasteiger partial charge is 0.259 e. The molecule has 7 heteroatoms. The van der Waals surface area contributed by atoms with Gasteiger partial charge in [-0.2, -0.15) is 0 Å². The summed E-state index contributed by atoms with van der Waals surface area (Å²) in [7, 11) is 0. The molecule has 0 aliphatic carbocycles. The summed E-state index contributed by atoms with van der Waals surface area (Å²) in [6.07, 6.45) is 1.80. The van der Waals surface area contributed by atoms with E-state index in [1.807, 2.05) is 22.8 Å². The zero-order valence-corrected chi connectivity index (χ0v) is 15.2. The summed E-state index contributed by atoms with van der Waals surface area (Å²) in [5.74, 6) is -0.861. The maximum Gasteiger partial charge on any atom is 0.259 e. The molecule has 0 radical (unpaired) electrons. The fourth-order valence-corrected chi connectivity index (χ4v) is 4.17. The molecule has 0 atom stereocenters.